The third-order valence-corrected chi connectivity index (χ3v) is 3.50. The van der Waals surface area contributed by atoms with Crippen molar-refractivity contribution in [1.29, 1.82) is 0 Å². The van der Waals surface area contributed by atoms with E-state index in [1.807, 2.05) is 30.3 Å². The Morgan fingerprint density at radius 2 is 1.52 bits per heavy atom. The van der Waals surface area contributed by atoms with Gasteiger partial charge in [-0.2, -0.15) is 0 Å². The molecule has 5 heteroatoms. The zero-order chi connectivity index (χ0) is 16.4. The van der Waals surface area contributed by atoms with Crippen LogP contribution in [-0.2, 0) is 0 Å². The predicted octanol–water partition coefficient (Wildman–Crippen LogP) is 3.50. The molecule has 0 saturated carbocycles. The first-order valence-electron chi connectivity index (χ1n) is 6.91. The number of aromatic hydroxyl groups is 1. The van der Waals surface area contributed by atoms with Crippen LogP contribution in [0.15, 0.2) is 60.7 Å². The summed E-state index contributed by atoms with van der Waals surface area (Å²) in [5.74, 6) is -1.75. The molecule has 0 aliphatic rings. The van der Waals surface area contributed by atoms with Crippen molar-refractivity contribution < 1.29 is 19.8 Å². The average molecular weight is 307 g/mol. The van der Waals surface area contributed by atoms with Crippen molar-refractivity contribution in [3.05, 3.63) is 71.8 Å². The minimum atomic E-state index is -1.13. The highest BCUT2D eigenvalue weighted by molar-refractivity contribution is 6.07. The molecule has 0 aliphatic heterocycles. The van der Waals surface area contributed by atoms with Crippen molar-refractivity contribution in [1.82, 2.24) is 0 Å². The van der Waals surface area contributed by atoms with Gasteiger partial charge in [0.25, 0.3) is 5.91 Å². The second kappa shape index (κ2) is 5.81. The molecular weight excluding hydrogens is 294 g/mol. The van der Waals surface area contributed by atoms with Crippen LogP contribution >= 0.6 is 0 Å². The maximum absolute atomic E-state index is 12.3. The Hall–Kier alpha value is -3.34. The summed E-state index contributed by atoms with van der Waals surface area (Å²) >= 11 is 0. The van der Waals surface area contributed by atoms with Gasteiger partial charge in [-0.05, 0) is 41.1 Å². The van der Waals surface area contributed by atoms with Crippen LogP contribution in [0.5, 0.6) is 5.75 Å². The lowest BCUT2D eigenvalue weighted by molar-refractivity contribution is 0.0696. The third kappa shape index (κ3) is 2.98. The predicted molar refractivity (Wildman–Crippen MR) is 87.0 cm³/mol. The molecule has 0 heterocycles. The number of phenols is 1. The van der Waals surface area contributed by atoms with Crippen molar-refractivity contribution in [2.45, 2.75) is 0 Å². The molecule has 0 radical (unpaired) electrons. The van der Waals surface area contributed by atoms with Crippen LogP contribution in [0.1, 0.15) is 20.7 Å². The number of carbonyl (C=O) groups excluding carboxylic acids is 1. The number of carboxylic acid groups (broad SMARTS) is 1. The van der Waals surface area contributed by atoms with Gasteiger partial charge in [0.1, 0.15) is 5.75 Å². The molecule has 0 bridgehead atoms. The lowest BCUT2D eigenvalue weighted by Gasteiger charge is -2.09. The number of benzene rings is 3. The monoisotopic (exact) mass is 307 g/mol. The van der Waals surface area contributed by atoms with Crippen molar-refractivity contribution >= 4 is 28.3 Å². The quantitative estimate of drug-likeness (QED) is 0.646. The maximum Gasteiger partial charge on any atom is 0.335 e. The highest BCUT2D eigenvalue weighted by Crippen LogP contribution is 2.25. The number of aromatic carboxylic acids is 1. The number of carboxylic acids is 1. The van der Waals surface area contributed by atoms with E-state index in [2.05, 4.69) is 5.32 Å². The number of hydrogen-bond acceptors (Lipinski definition) is 3. The number of nitrogens with one attached hydrogen (secondary N) is 1. The van der Waals surface area contributed by atoms with E-state index in [0.29, 0.717) is 5.56 Å². The molecule has 5 nitrogen and oxygen atoms in total. The number of amides is 1. The van der Waals surface area contributed by atoms with Crippen molar-refractivity contribution in [3.63, 3.8) is 0 Å². The summed E-state index contributed by atoms with van der Waals surface area (Å²) < 4.78 is 0. The fourth-order valence-electron chi connectivity index (χ4n) is 2.29. The highest BCUT2D eigenvalue weighted by atomic mass is 16.4. The van der Waals surface area contributed by atoms with E-state index in [-0.39, 0.29) is 17.0 Å². The number of rotatable bonds is 3. The van der Waals surface area contributed by atoms with E-state index in [9.17, 15) is 14.7 Å². The molecular formula is C18H13NO4. The van der Waals surface area contributed by atoms with Crippen molar-refractivity contribution in [2.75, 3.05) is 5.32 Å². The summed E-state index contributed by atoms with van der Waals surface area (Å²) in [6, 6.07) is 16.6. The van der Waals surface area contributed by atoms with Gasteiger partial charge in [-0.1, -0.05) is 30.3 Å². The first kappa shape index (κ1) is 14.6. The first-order chi connectivity index (χ1) is 11.0. The zero-order valence-corrected chi connectivity index (χ0v) is 12.0. The number of hydrogen-bond donors (Lipinski definition) is 3. The Bertz CT molecular complexity index is 918. The summed E-state index contributed by atoms with van der Waals surface area (Å²) in [6.07, 6.45) is 0. The van der Waals surface area contributed by atoms with E-state index >= 15 is 0 Å². The topological polar surface area (TPSA) is 86.6 Å². The standard InChI is InChI=1S/C18H13NO4/c20-16-8-7-14(18(22)23)10-15(16)19-17(21)13-6-5-11-3-1-2-4-12(11)9-13/h1-10,20H,(H,19,21)(H,22,23). The number of anilines is 1. The fourth-order valence-corrected chi connectivity index (χ4v) is 2.29. The molecule has 23 heavy (non-hydrogen) atoms. The zero-order valence-electron chi connectivity index (χ0n) is 12.0. The Labute approximate surface area is 131 Å². The minimum absolute atomic E-state index is 0.0170. The molecule has 0 aromatic heterocycles. The lowest BCUT2D eigenvalue weighted by atomic mass is 10.1. The van der Waals surface area contributed by atoms with E-state index in [0.717, 1.165) is 10.8 Å². The van der Waals surface area contributed by atoms with Gasteiger partial charge in [-0.25, -0.2) is 4.79 Å². The molecule has 3 rings (SSSR count). The summed E-state index contributed by atoms with van der Waals surface area (Å²) in [4.78, 5) is 23.3. The normalized spacial score (nSPS) is 10.4. The second-order valence-corrected chi connectivity index (χ2v) is 5.05. The summed E-state index contributed by atoms with van der Waals surface area (Å²) in [5, 5.41) is 23.2. The summed E-state index contributed by atoms with van der Waals surface area (Å²) in [5.41, 5.74) is 0.462. The highest BCUT2D eigenvalue weighted by Gasteiger charge is 2.12. The van der Waals surface area contributed by atoms with Gasteiger partial charge in [0, 0.05) is 5.56 Å². The number of phenolic OH excluding ortho intramolecular Hbond substituents is 1. The lowest BCUT2D eigenvalue weighted by Crippen LogP contribution is -2.12. The summed E-state index contributed by atoms with van der Waals surface area (Å²) in [6.45, 7) is 0. The van der Waals surface area contributed by atoms with Crippen LogP contribution in [0.3, 0.4) is 0 Å². The molecule has 114 valence electrons. The van der Waals surface area contributed by atoms with Gasteiger partial charge in [0.2, 0.25) is 0 Å². The van der Waals surface area contributed by atoms with Gasteiger partial charge < -0.3 is 15.5 Å². The Morgan fingerprint density at radius 1 is 0.826 bits per heavy atom. The molecule has 3 N–H and O–H groups in total. The smallest absolute Gasteiger partial charge is 0.335 e. The van der Waals surface area contributed by atoms with Gasteiger partial charge in [0.05, 0.1) is 11.3 Å². The SMILES string of the molecule is O=C(O)c1ccc(O)c(NC(=O)c2ccc3ccccc3c2)c1. The minimum Gasteiger partial charge on any atom is -0.506 e. The van der Waals surface area contributed by atoms with Crippen molar-refractivity contribution in [2.24, 2.45) is 0 Å². The molecule has 0 fully saturated rings. The molecule has 3 aromatic rings. The van der Waals surface area contributed by atoms with E-state index in [4.69, 9.17) is 5.11 Å². The Morgan fingerprint density at radius 3 is 2.26 bits per heavy atom. The first-order valence-corrected chi connectivity index (χ1v) is 6.91. The van der Waals surface area contributed by atoms with Crippen molar-refractivity contribution in [3.8, 4) is 5.75 Å². The largest absolute Gasteiger partial charge is 0.506 e. The van der Waals surface area contributed by atoms with E-state index in [1.54, 1.807) is 12.1 Å². The van der Waals surface area contributed by atoms with Crippen LogP contribution in [-0.4, -0.2) is 22.1 Å². The summed E-state index contributed by atoms with van der Waals surface area (Å²) in [7, 11) is 0. The molecule has 3 aromatic carbocycles. The Balaban J connectivity index is 1.91. The van der Waals surface area contributed by atoms with Crippen LogP contribution in [0.25, 0.3) is 10.8 Å². The maximum atomic E-state index is 12.3. The molecule has 1 amide bonds. The fraction of sp³-hybridized carbons (Fsp3) is 0. The van der Waals surface area contributed by atoms with Crippen LogP contribution in [0.2, 0.25) is 0 Å². The molecule has 0 unspecified atom stereocenters. The van der Waals surface area contributed by atoms with Crippen LogP contribution in [0.4, 0.5) is 5.69 Å². The van der Waals surface area contributed by atoms with Gasteiger partial charge in [-0.15, -0.1) is 0 Å². The second-order valence-electron chi connectivity index (χ2n) is 5.05. The Kier molecular flexibility index (Phi) is 3.68. The van der Waals surface area contributed by atoms with E-state index < -0.39 is 11.9 Å². The van der Waals surface area contributed by atoms with Gasteiger partial charge in [-0.3, -0.25) is 4.79 Å². The molecule has 0 saturated heterocycles. The molecule has 0 atom stereocenters. The van der Waals surface area contributed by atoms with Crippen LogP contribution < -0.4 is 5.32 Å². The van der Waals surface area contributed by atoms with Gasteiger partial charge >= 0.3 is 5.97 Å². The van der Waals surface area contributed by atoms with E-state index in [1.165, 1.54) is 18.2 Å². The van der Waals surface area contributed by atoms with Gasteiger partial charge in [0.15, 0.2) is 0 Å². The molecule has 0 aliphatic carbocycles. The number of carbonyl (C=O) groups is 2. The molecule has 0 spiro atoms. The average Bonchev–Trinajstić information content (AvgIpc) is 2.56. The third-order valence-electron chi connectivity index (χ3n) is 3.50. The van der Waals surface area contributed by atoms with Crippen LogP contribution in [0, 0.1) is 0 Å². The number of fused-ring (bicyclic) bond motifs is 1.